The fraction of sp³-hybridized carbons (Fsp3) is 0.667. The molecule has 2 rings (SSSR count). The summed E-state index contributed by atoms with van der Waals surface area (Å²) in [6.45, 7) is 3.90. The van der Waals surface area contributed by atoms with E-state index in [-0.39, 0.29) is 6.10 Å². The first-order chi connectivity index (χ1) is 7.86. The molecule has 1 N–H and O–H groups in total. The minimum atomic E-state index is 0.0254. The Morgan fingerprint density at radius 2 is 2.44 bits per heavy atom. The molecular weight excluding hydrogens is 202 g/mol. The molecule has 2 heterocycles. The molecule has 0 unspecified atom stereocenters. The van der Waals surface area contributed by atoms with Crippen molar-refractivity contribution in [3.8, 4) is 0 Å². The lowest BCUT2D eigenvalue weighted by atomic mass is 10.1. The van der Waals surface area contributed by atoms with Crippen molar-refractivity contribution >= 4 is 0 Å². The Balaban J connectivity index is 1.77. The van der Waals surface area contributed by atoms with Gasteiger partial charge in [0.05, 0.1) is 24.6 Å². The molecule has 1 aliphatic rings. The number of nitrogens with zero attached hydrogens (tertiary/aromatic N) is 2. The van der Waals surface area contributed by atoms with Crippen molar-refractivity contribution in [3.63, 3.8) is 0 Å². The second-order valence-corrected chi connectivity index (χ2v) is 4.25. The highest BCUT2D eigenvalue weighted by Gasteiger charge is 2.15. The molecule has 0 amide bonds. The number of piperidine rings is 1. The quantitative estimate of drug-likeness (QED) is 0.840. The van der Waals surface area contributed by atoms with Crippen LogP contribution in [-0.2, 0) is 4.74 Å². The van der Waals surface area contributed by atoms with Gasteiger partial charge in [0, 0.05) is 18.4 Å². The molecule has 1 aromatic rings. The molecule has 1 aromatic heterocycles. The fourth-order valence-corrected chi connectivity index (χ4v) is 1.93. The van der Waals surface area contributed by atoms with E-state index in [1.807, 2.05) is 6.92 Å². The van der Waals surface area contributed by atoms with Crippen LogP contribution in [0.1, 0.15) is 38.0 Å². The highest BCUT2D eigenvalue weighted by atomic mass is 16.5. The number of nitrogens with one attached hydrogen (secondary N) is 1. The molecule has 1 fully saturated rings. The van der Waals surface area contributed by atoms with Crippen LogP contribution in [0.4, 0.5) is 0 Å². The normalized spacial score (nSPS) is 22.9. The standard InChI is InChI=1S/C12H19N3O/c1-10(12-8-13-6-7-15-12)16-9-11-4-2-3-5-14-11/h6-8,10-11,14H,2-5,9H2,1H3/t10-,11+/m0/s1. The minimum Gasteiger partial charge on any atom is -0.371 e. The lowest BCUT2D eigenvalue weighted by molar-refractivity contribution is 0.0414. The van der Waals surface area contributed by atoms with Crippen molar-refractivity contribution < 1.29 is 4.74 Å². The summed E-state index contributed by atoms with van der Waals surface area (Å²) in [6.07, 6.45) is 8.98. The summed E-state index contributed by atoms with van der Waals surface area (Å²) in [6, 6.07) is 0.507. The summed E-state index contributed by atoms with van der Waals surface area (Å²) >= 11 is 0. The van der Waals surface area contributed by atoms with Crippen LogP contribution in [0.25, 0.3) is 0 Å². The Bertz CT molecular complexity index is 298. The molecular formula is C12H19N3O. The van der Waals surface area contributed by atoms with Gasteiger partial charge in [-0.3, -0.25) is 9.97 Å². The molecule has 0 saturated carbocycles. The molecule has 0 spiro atoms. The maximum absolute atomic E-state index is 5.80. The molecule has 4 nitrogen and oxygen atoms in total. The van der Waals surface area contributed by atoms with Crippen LogP contribution in [0.15, 0.2) is 18.6 Å². The second-order valence-electron chi connectivity index (χ2n) is 4.25. The third-order valence-electron chi connectivity index (χ3n) is 2.96. The SMILES string of the molecule is C[C@H](OC[C@H]1CCCCN1)c1cnccn1. The average Bonchev–Trinajstić information content (AvgIpc) is 2.38. The molecule has 88 valence electrons. The van der Waals surface area contributed by atoms with Crippen LogP contribution in [0.2, 0.25) is 0 Å². The van der Waals surface area contributed by atoms with Crippen molar-refractivity contribution in [1.29, 1.82) is 0 Å². The Hall–Kier alpha value is -1.00. The highest BCUT2D eigenvalue weighted by Crippen LogP contribution is 2.15. The summed E-state index contributed by atoms with van der Waals surface area (Å²) in [5, 5.41) is 3.46. The van der Waals surface area contributed by atoms with Crippen LogP contribution in [0, 0.1) is 0 Å². The third kappa shape index (κ3) is 3.25. The lowest BCUT2D eigenvalue weighted by Crippen LogP contribution is -2.37. The zero-order valence-electron chi connectivity index (χ0n) is 9.72. The van der Waals surface area contributed by atoms with Gasteiger partial charge in [-0.2, -0.15) is 0 Å². The van der Waals surface area contributed by atoms with E-state index < -0.39 is 0 Å². The fourth-order valence-electron chi connectivity index (χ4n) is 1.93. The molecule has 0 bridgehead atoms. The molecule has 0 radical (unpaired) electrons. The van der Waals surface area contributed by atoms with E-state index in [1.165, 1.54) is 19.3 Å². The highest BCUT2D eigenvalue weighted by molar-refractivity contribution is 4.98. The summed E-state index contributed by atoms with van der Waals surface area (Å²) in [5.41, 5.74) is 0.901. The number of ether oxygens (including phenoxy) is 1. The Morgan fingerprint density at radius 3 is 3.12 bits per heavy atom. The molecule has 1 aliphatic heterocycles. The van der Waals surface area contributed by atoms with E-state index in [1.54, 1.807) is 18.6 Å². The maximum Gasteiger partial charge on any atom is 0.0982 e. The van der Waals surface area contributed by atoms with Gasteiger partial charge in [0.25, 0.3) is 0 Å². The smallest absolute Gasteiger partial charge is 0.0982 e. The summed E-state index contributed by atoms with van der Waals surface area (Å²) < 4.78 is 5.80. The zero-order valence-corrected chi connectivity index (χ0v) is 9.72. The average molecular weight is 221 g/mol. The molecule has 4 heteroatoms. The van der Waals surface area contributed by atoms with Gasteiger partial charge in [0.1, 0.15) is 0 Å². The van der Waals surface area contributed by atoms with Crippen molar-refractivity contribution in [2.45, 2.75) is 38.3 Å². The first kappa shape index (κ1) is 11.5. The lowest BCUT2D eigenvalue weighted by Gasteiger charge is -2.24. The van der Waals surface area contributed by atoms with Gasteiger partial charge in [-0.15, -0.1) is 0 Å². The summed E-state index contributed by atoms with van der Waals surface area (Å²) in [5.74, 6) is 0. The summed E-state index contributed by atoms with van der Waals surface area (Å²) in [4.78, 5) is 8.28. The Labute approximate surface area is 96.4 Å². The van der Waals surface area contributed by atoms with E-state index >= 15 is 0 Å². The number of hydrogen-bond acceptors (Lipinski definition) is 4. The van der Waals surface area contributed by atoms with Crippen LogP contribution in [0.3, 0.4) is 0 Å². The molecule has 0 aliphatic carbocycles. The number of hydrogen-bond donors (Lipinski definition) is 1. The van der Waals surface area contributed by atoms with Gasteiger partial charge in [-0.1, -0.05) is 6.42 Å². The van der Waals surface area contributed by atoms with Crippen LogP contribution >= 0.6 is 0 Å². The first-order valence-electron chi connectivity index (χ1n) is 5.97. The van der Waals surface area contributed by atoms with Crippen molar-refractivity contribution in [2.75, 3.05) is 13.2 Å². The molecule has 16 heavy (non-hydrogen) atoms. The predicted molar refractivity (Wildman–Crippen MR) is 62.0 cm³/mol. The topological polar surface area (TPSA) is 47.0 Å². The molecule has 2 atom stereocenters. The Kier molecular flexibility index (Phi) is 4.25. The van der Waals surface area contributed by atoms with Crippen molar-refractivity contribution in [1.82, 2.24) is 15.3 Å². The van der Waals surface area contributed by atoms with E-state index in [4.69, 9.17) is 4.74 Å². The summed E-state index contributed by atoms with van der Waals surface area (Å²) in [7, 11) is 0. The minimum absolute atomic E-state index is 0.0254. The van der Waals surface area contributed by atoms with E-state index in [0.29, 0.717) is 6.04 Å². The van der Waals surface area contributed by atoms with Gasteiger partial charge in [-0.25, -0.2) is 0 Å². The van der Waals surface area contributed by atoms with E-state index in [2.05, 4.69) is 15.3 Å². The van der Waals surface area contributed by atoms with Gasteiger partial charge in [-0.05, 0) is 26.3 Å². The Morgan fingerprint density at radius 1 is 1.50 bits per heavy atom. The van der Waals surface area contributed by atoms with Crippen LogP contribution < -0.4 is 5.32 Å². The predicted octanol–water partition coefficient (Wildman–Crippen LogP) is 1.70. The third-order valence-corrected chi connectivity index (χ3v) is 2.96. The molecule has 0 aromatic carbocycles. The van der Waals surface area contributed by atoms with Gasteiger partial charge < -0.3 is 10.1 Å². The van der Waals surface area contributed by atoms with Crippen molar-refractivity contribution in [3.05, 3.63) is 24.3 Å². The van der Waals surface area contributed by atoms with Crippen LogP contribution in [-0.4, -0.2) is 29.2 Å². The van der Waals surface area contributed by atoms with Crippen molar-refractivity contribution in [2.24, 2.45) is 0 Å². The first-order valence-corrected chi connectivity index (χ1v) is 5.97. The monoisotopic (exact) mass is 221 g/mol. The maximum atomic E-state index is 5.80. The van der Waals surface area contributed by atoms with Gasteiger partial charge >= 0.3 is 0 Å². The number of rotatable bonds is 4. The molecule has 1 saturated heterocycles. The van der Waals surface area contributed by atoms with E-state index in [0.717, 1.165) is 18.8 Å². The number of aromatic nitrogens is 2. The second kappa shape index (κ2) is 5.92. The zero-order chi connectivity index (χ0) is 11.2. The largest absolute Gasteiger partial charge is 0.371 e. The van der Waals surface area contributed by atoms with E-state index in [9.17, 15) is 0 Å². The van der Waals surface area contributed by atoms with Gasteiger partial charge in [0.15, 0.2) is 0 Å². The van der Waals surface area contributed by atoms with Gasteiger partial charge in [0.2, 0.25) is 0 Å². The van der Waals surface area contributed by atoms with Crippen LogP contribution in [0.5, 0.6) is 0 Å².